The number of fused-ring (bicyclic) bond motifs is 2. The van der Waals surface area contributed by atoms with E-state index >= 15 is 0 Å². The van der Waals surface area contributed by atoms with Crippen molar-refractivity contribution in [2.45, 2.75) is 85.0 Å². The first-order valence-corrected chi connectivity index (χ1v) is 10.5. The lowest BCUT2D eigenvalue weighted by Gasteiger charge is -2.44. The average Bonchev–Trinajstić information content (AvgIpc) is 3.11. The molecule has 0 heteroatoms. The van der Waals surface area contributed by atoms with Crippen LogP contribution in [-0.4, -0.2) is 0 Å². The summed E-state index contributed by atoms with van der Waals surface area (Å²) in [6.45, 7) is 7.61. The van der Waals surface area contributed by atoms with Crippen molar-refractivity contribution in [1.29, 1.82) is 0 Å². The minimum atomic E-state index is 0.669. The van der Waals surface area contributed by atoms with Crippen LogP contribution in [0.5, 0.6) is 0 Å². The van der Waals surface area contributed by atoms with Gasteiger partial charge < -0.3 is 0 Å². The molecule has 0 saturated heterocycles. The van der Waals surface area contributed by atoms with Gasteiger partial charge in [0.2, 0.25) is 0 Å². The molecule has 23 heavy (non-hydrogen) atoms. The van der Waals surface area contributed by atoms with Crippen LogP contribution in [0.4, 0.5) is 0 Å². The van der Waals surface area contributed by atoms with Gasteiger partial charge >= 0.3 is 0 Å². The molecule has 0 spiro atoms. The summed E-state index contributed by atoms with van der Waals surface area (Å²) in [5, 5.41) is 0. The third-order valence-electron chi connectivity index (χ3n) is 8.46. The van der Waals surface area contributed by atoms with Gasteiger partial charge in [0, 0.05) is 0 Å². The van der Waals surface area contributed by atoms with Crippen molar-refractivity contribution in [2.24, 2.45) is 35.0 Å². The molecule has 0 heterocycles. The summed E-state index contributed by atoms with van der Waals surface area (Å²) in [4.78, 5) is 0. The smallest absolute Gasteiger partial charge is 0.0160 e. The van der Waals surface area contributed by atoms with Crippen molar-refractivity contribution in [3.63, 3.8) is 0 Å². The van der Waals surface area contributed by atoms with E-state index in [4.69, 9.17) is 0 Å². The Morgan fingerprint density at radius 2 is 2.00 bits per heavy atom. The summed E-state index contributed by atoms with van der Waals surface area (Å²) >= 11 is 0. The SMILES string of the molecule is CC1CCC2C(C/C=C3/C[C@@H]4CCC=C4[C@H](C)C3)CCC[C@]12C. The van der Waals surface area contributed by atoms with E-state index in [0.717, 1.165) is 29.6 Å². The highest BCUT2D eigenvalue weighted by Gasteiger charge is 2.48. The minimum Gasteiger partial charge on any atom is -0.0850 e. The van der Waals surface area contributed by atoms with Crippen LogP contribution < -0.4 is 0 Å². The molecular weight excluding hydrogens is 276 g/mol. The monoisotopic (exact) mass is 312 g/mol. The predicted octanol–water partition coefficient (Wildman–Crippen LogP) is 6.92. The van der Waals surface area contributed by atoms with Crippen molar-refractivity contribution < 1.29 is 0 Å². The molecular formula is C23H36. The van der Waals surface area contributed by atoms with Gasteiger partial charge in [-0.25, -0.2) is 0 Å². The summed E-state index contributed by atoms with van der Waals surface area (Å²) in [6, 6.07) is 0. The van der Waals surface area contributed by atoms with Gasteiger partial charge in [-0.15, -0.1) is 0 Å². The lowest BCUT2D eigenvalue weighted by atomic mass is 9.61. The summed E-state index contributed by atoms with van der Waals surface area (Å²) in [7, 11) is 0. The molecule has 0 aliphatic heterocycles. The van der Waals surface area contributed by atoms with Crippen molar-refractivity contribution in [1.82, 2.24) is 0 Å². The van der Waals surface area contributed by atoms with E-state index in [2.05, 4.69) is 32.9 Å². The molecule has 6 atom stereocenters. The Labute approximate surface area is 143 Å². The largest absolute Gasteiger partial charge is 0.0850 e. The van der Waals surface area contributed by atoms with Gasteiger partial charge in [0.05, 0.1) is 0 Å². The van der Waals surface area contributed by atoms with Crippen LogP contribution in [0.1, 0.15) is 85.0 Å². The van der Waals surface area contributed by atoms with E-state index in [1.807, 2.05) is 0 Å². The van der Waals surface area contributed by atoms with E-state index in [9.17, 15) is 0 Å². The van der Waals surface area contributed by atoms with Crippen LogP contribution in [-0.2, 0) is 0 Å². The second kappa shape index (κ2) is 6.08. The van der Waals surface area contributed by atoms with Gasteiger partial charge in [-0.2, -0.15) is 0 Å². The lowest BCUT2D eigenvalue weighted by molar-refractivity contribution is 0.0587. The van der Waals surface area contributed by atoms with Crippen LogP contribution in [0.3, 0.4) is 0 Å². The Bertz CT molecular complexity index is 510. The molecule has 3 fully saturated rings. The standard InChI is InChI=1S/C23H36/c1-16-14-18(15-20-6-4-8-21(16)20)10-11-19-7-5-13-23(3)17(2)9-12-22(19)23/h8,10,16-17,19-20,22H,4-7,9,11-15H2,1-3H3/b18-10+/t16-,17?,19?,20+,22?,23-/m1/s1. The Morgan fingerprint density at radius 1 is 1.13 bits per heavy atom. The zero-order valence-corrected chi connectivity index (χ0v) is 15.6. The summed E-state index contributed by atoms with van der Waals surface area (Å²) in [5.74, 6) is 4.70. The lowest BCUT2D eigenvalue weighted by Crippen LogP contribution is -2.36. The molecule has 4 aliphatic carbocycles. The molecule has 0 aromatic heterocycles. The third-order valence-corrected chi connectivity index (χ3v) is 8.46. The Morgan fingerprint density at radius 3 is 2.87 bits per heavy atom. The molecule has 128 valence electrons. The van der Waals surface area contributed by atoms with Crippen LogP contribution in [0.25, 0.3) is 0 Å². The zero-order valence-electron chi connectivity index (χ0n) is 15.6. The van der Waals surface area contributed by atoms with E-state index in [1.54, 1.807) is 11.1 Å². The third kappa shape index (κ3) is 2.75. The Hall–Kier alpha value is -0.520. The second-order valence-electron chi connectivity index (χ2n) is 9.63. The maximum Gasteiger partial charge on any atom is -0.0160 e. The molecule has 0 radical (unpaired) electrons. The summed E-state index contributed by atoms with van der Waals surface area (Å²) in [5.41, 5.74) is 4.28. The quantitative estimate of drug-likeness (QED) is 0.485. The van der Waals surface area contributed by atoms with Crippen molar-refractivity contribution in [3.05, 3.63) is 23.3 Å². The highest BCUT2D eigenvalue weighted by Crippen LogP contribution is 2.58. The van der Waals surface area contributed by atoms with Crippen molar-refractivity contribution in [3.8, 4) is 0 Å². The number of allylic oxidation sites excluding steroid dienone is 4. The maximum absolute atomic E-state index is 2.71. The summed E-state index contributed by atoms with van der Waals surface area (Å²) < 4.78 is 0. The normalized spacial score (nSPS) is 48.2. The van der Waals surface area contributed by atoms with Crippen LogP contribution in [0, 0.1) is 35.0 Å². The van der Waals surface area contributed by atoms with Crippen LogP contribution >= 0.6 is 0 Å². The van der Waals surface area contributed by atoms with Crippen LogP contribution in [0.2, 0.25) is 0 Å². The van der Waals surface area contributed by atoms with Crippen molar-refractivity contribution in [2.75, 3.05) is 0 Å². The minimum absolute atomic E-state index is 0.669. The molecule has 3 unspecified atom stereocenters. The predicted molar refractivity (Wildman–Crippen MR) is 99.2 cm³/mol. The fourth-order valence-corrected chi connectivity index (χ4v) is 6.89. The van der Waals surface area contributed by atoms with E-state index < -0.39 is 0 Å². The second-order valence-corrected chi connectivity index (χ2v) is 9.63. The summed E-state index contributed by atoms with van der Waals surface area (Å²) in [6.07, 6.45) is 19.7. The molecule has 3 saturated carbocycles. The first kappa shape index (κ1) is 16.0. The van der Waals surface area contributed by atoms with Gasteiger partial charge in [-0.05, 0) is 92.8 Å². The first-order chi connectivity index (χ1) is 11.1. The Balaban J connectivity index is 1.43. The zero-order chi connectivity index (χ0) is 16.0. The van der Waals surface area contributed by atoms with E-state index in [0.29, 0.717) is 5.41 Å². The molecule has 0 bridgehead atoms. The molecule has 4 rings (SSSR count). The number of hydrogen-bond acceptors (Lipinski definition) is 0. The van der Waals surface area contributed by atoms with Gasteiger partial charge in [-0.1, -0.05) is 50.5 Å². The van der Waals surface area contributed by atoms with Gasteiger partial charge in [-0.3, -0.25) is 0 Å². The average molecular weight is 313 g/mol. The van der Waals surface area contributed by atoms with E-state index in [1.165, 1.54) is 64.2 Å². The number of hydrogen-bond donors (Lipinski definition) is 0. The molecule has 0 aromatic rings. The fraction of sp³-hybridized carbons (Fsp3) is 0.826. The Kier molecular flexibility index (Phi) is 4.23. The molecule has 4 aliphatic rings. The number of rotatable bonds is 2. The first-order valence-electron chi connectivity index (χ1n) is 10.5. The molecule has 0 nitrogen and oxygen atoms in total. The topological polar surface area (TPSA) is 0 Å². The molecule has 0 N–H and O–H groups in total. The molecule has 0 aromatic carbocycles. The maximum atomic E-state index is 2.71. The highest BCUT2D eigenvalue weighted by molar-refractivity contribution is 5.25. The van der Waals surface area contributed by atoms with Gasteiger partial charge in [0.1, 0.15) is 0 Å². The van der Waals surface area contributed by atoms with Crippen LogP contribution in [0.15, 0.2) is 23.3 Å². The van der Waals surface area contributed by atoms with Gasteiger partial charge in [0.25, 0.3) is 0 Å². The van der Waals surface area contributed by atoms with E-state index in [-0.39, 0.29) is 0 Å². The fourth-order valence-electron chi connectivity index (χ4n) is 6.89. The molecule has 0 amide bonds. The van der Waals surface area contributed by atoms with Gasteiger partial charge in [0.15, 0.2) is 0 Å². The van der Waals surface area contributed by atoms with Crippen molar-refractivity contribution >= 4 is 0 Å². The highest BCUT2D eigenvalue weighted by atomic mass is 14.5.